The number of ether oxygens (including phenoxy) is 1. The van der Waals surface area contributed by atoms with Crippen LogP contribution in [0.3, 0.4) is 0 Å². The van der Waals surface area contributed by atoms with Gasteiger partial charge in [0.1, 0.15) is 11.3 Å². The van der Waals surface area contributed by atoms with Gasteiger partial charge >= 0.3 is 0 Å². The van der Waals surface area contributed by atoms with Gasteiger partial charge in [-0.3, -0.25) is 4.79 Å². The zero-order valence-corrected chi connectivity index (χ0v) is 15.9. The number of aliphatic hydroxyl groups is 1. The molecule has 0 aliphatic carbocycles. The van der Waals surface area contributed by atoms with E-state index in [9.17, 15) is 9.90 Å². The third-order valence-corrected chi connectivity index (χ3v) is 4.86. The van der Waals surface area contributed by atoms with Gasteiger partial charge in [0.2, 0.25) is 0 Å². The van der Waals surface area contributed by atoms with Crippen molar-refractivity contribution >= 4 is 17.1 Å². The maximum Gasteiger partial charge on any atom is 0.277 e. The van der Waals surface area contributed by atoms with Crippen molar-refractivity contribution < 1.29 is 9.84 Å². The Morgan fingerprint density at radius 2 is 1.93 bits per heavy atom. The van der Waals surface area contributed by atoms with Crippen molar-refractivity contribution in [1.82, 2.24) is 14.2 Å². The number of fused-ring (bicyclic) bond motifs is 1. The summed E-state index contributed by atoms with van der Waals surface area (Å²) in [6, 6.07) is 14.7. The first-order valence-corrected chi connectivity index (χ1v) is 9.09. The number of benzene rings is 2. The van der Waals surface area contributed by atoms with Crippen LogP contribution in [0.2, 0.25) is 5.02 Å². The van der Waals surface area contributed by atoms with E-state index in [1.807, 2.05) is 42.5 Å². The highest BCUT2D eigenvalue weighted by Crippen LogP contribution is 2.26. The van der Waals surface area contributed by atoms with Gasteiger partial charge in [-0.15, -0.1) is 0 Å². The molecule has 0 saturated heterocycles. The summed E-state index contributed by atoms with van der Waals surface area (Å²) in [5.41, 5.74) is 2.92. The molecule has 0 unspecified atom stereocenters. The van der Waals surface area contributed by atoms with Crippen LogP contribution in [-0.2, 0) is 13.2 Å². The Morgan fingerprint density at radius 3 is 2.61 bits per heavy atom. The van der Waals surface area contributed by atoms with E-state index in [-0.39, 0.29) is 12.2 Å². The molecule has 0 spiro atoms. The summed E-state index contributed by atoms with van der Waals surface area (Å²) < 4.78 is 8.28. The van der Waals surface area contributed by atoms with Crippen molar-refractivity contribution in [3.05, 3.63) is 87.4 Å². The van der Waals surface area contributed by atoms with Crippen molar-refractivity contribution in [2.45, 2.75) is 13.2 Å². The lowest BCUT2D eigenvalue weighted by molar-refractivity contribution is 0.283. The number of hydrogen-bond donors (Lipinski definition) is 1. The third kappa shape index (κ3) is 3.28. The van der Waals surface area contributed by atoms with Gasteiger partial charge in [0.25, 0.3) is 5.56 Å². The van der Waals surface area contributed by atoms with Gasteiger partial charge in [-0.25, -0.2) is 4.52 Å². The van der Waals surface area contributed by atoms with Crippen LogP contribution in [0.15, 0.2) is 65.7 Å². The molecule has 0 aliphatic heterocycles. The lowest BCUT2D eigenvalue weighted by Crippen LogP contribution is -2.22. The molecular weight excluding hydrogens is 378 g/mol. The Balaban J connectivity index is 1.82. The van der Waals surface area contributed by atoms with Crippen LogP contribution in [0.25, 0.3) is 16.8 Å². The van der Waals surface area contributed by atoms with E-state index >= 15 is 0 Å². The van der Waals surface area contributed by atoms with Crippen LogP contribution >= 0.6 is 11.6 Å². The van der Waals surface area contributed by atoms with Crippen LogP contribution < -0.4 is 10.3 Å². The first kappa shape index (κ1) is 18.3. The summed E-state index contributed by atoms with van der Waals surface area (Å²) in [5.74, 6) is 0.724. The number of aromatic nitrogens is 3. The van der Waals surface area contributed by atoms with Crippen LogP contribution in [0.4, 0.5) is 0 Å². The number of nitrogens with zero attached hydrogens (tertiary/aromatic N) is 3. The first-order valence-electron chi connectivity index (χ1n) is 8.71. The van der Waals surface area contributed by atoms with Gasteiger partial charge in [-0.1, -0.05) is 23.7 Å². The van der Waals surface area contributed by atoms with Crippen molar-refractivity contribution in [1.29, 1.82) is 0 Å². The fraction of sp³-hybridized carbons (Fsp3) is 0.143. The number of hydrogen-bond acceptors (Lipinski definition) is 4. The van der Waals surface area contributed by atoms with Crippen molar-refractivity contribution in [3.8, 4) is 17.0 Å². The van der Waals surface area contributed by atoms with Gasteiger partial charge in [0, 0.05) is 28.5 Å². The molecule has 0 saturated carbocycles. The van der Waals surface area contributed by atoms with Crippen LogP contribution in [0, 0.1) is 0 Å². The fourth-order valence-corrected chi connectivity index (χ4v) is 3.45. The highest BCUT2D eigenvalue weighted by molar-refractivity contribution is 6.30. The number of rotatable bonds is 5. The van der Waals surface area contributed by atoms with Crippen molar-refractivity contribution in [3.63, 3.8) is 0 Å². The maximum absolute atomic E-state index is 13.1. The zero-order chi connectivity index (χ0) is 19.7. The Kier molecular flexibility index (Phi) is 4.90. The van der Waals surface area contributed by atoms with E-state index in [2.05, 4.69) is 5.10 Å². The fourth-order valence-electron chi connectivity index (χ4n) is 3.24. The minimum absolute atomic E-state index is 0.223. The average Bonchev–Trinajstić information content (AvgIpc) is 3.09. The van der Waals surface area contributed by atoms with Crippen LogP contribution in [-0.4, -0.2) is 26.4 Å². The van der Waals surface area contributed by atoms with E-state index in [0.29, 0.717) is 28.3 Å². The lowest BCUT2D eigenvalue weighted by Gasteiger charge is -2.07. The molecule has 0 amide bonds. The second kappa shape index (κ2) is 7.50. The molecule has 0 fully saturated rings. The second-order valence-electron chi connectivity index (χ2n) is 6.37. The molecule has 2 heterocycles. The standard InChI is InChI=1S/C21H18ClN3O3/c1-28-17-7-5-15(6-8-17)19-18(13-26)20-21(27)24(9-10-25(20)23-19)12-14-3-2-4-16(22)11-14/h2-11,26H,12-13H2,1H3. The van der Waals surface area contributed by atoms with Gasteiger partial charge in [0.05, 0.1) is 26.0 Å². The zero-order valence-electron chi connectivity index (χ0n) is 15.2. The van der Waals surface area contributed by atoms with E-state index in [4.69, 9.17) is 16.3 Å². The highest BCUT2D eigenvalue weighted by Gasteiger charge is 2.18. The monoisotopic (exact) mass is 395 g/mol. The lowest BCUT2D eigenvalue weighted by atomic mass is 10.1. The van der Waals surface area contributed by atoms with Crippen molar-refractivity contribution in [2.24, 2.45) is 0 Å². The maximum atomic E-state index is 13.1. The van der Waals surface area contributed by atoms with Gasteiger partial charge in [-0.2, -0.15) is 5.10 Å². The summed E-state index contributed by atoms with van der Waals surface area (Å²) in [4.78, 5) is 13.1. The molecule has 1 N–H and O–H groups in total. The average molecular weight is 396 g/mol. The molecular formula is C21H18ClN3O3. The Hall–Kier alpha value is -3.09. The summed E-state index contributed by atoms with van der Waals surface area (Å²) >= 11 is 6.04. The van der Waals surface area contributed by atoms with Gasteiger partial charge in [-0.05, 0) is 42.0 Å². The Morgan fingerprint density at radius 1 is 1.14 bits per heavy atom. The first-order chi connectivity index (χ1) is 13.6. The molecule has 0 aliphatic rings. The molecule has 2 aromatic heterocycles. The second-order valence-corrected chi connectivity index (χ2v) is 6.80. The van der Waals surface area contributed by atoms with Gasteiger partial charge < -0.3 is 14.4 Å². The van der Waals surface area contributed by atoms with E-state index < -0.39 is 0 Å². The molecule has 142 valence electrons. The van der Waals surface area contributed by atoms with Crippen molar-refractivity contribution in [2.75, 3.05) is 7.11 Å². The Labute approximate surface area is 166 Å². The topological polar surface area (TPSA) is 68.8 Å². The van der Waals surface area contributed by atoms with Crippen LogP contribution in [0.1, 0.15) is 11.1 Å². The van der Waals surface area contributed by atoms with E-state index in [0.717, 1.165) is 16.9 Å². The molecule has 7 heteroatoms. The van der Waals surface area contributed by atoms with E-state index in [1.54, 1.807) is 30.1 Å². The molecule has 4 rings (SSSR count). The number of aliphatic hydroxyl groups excluding tert-OH is 1. The molecule has 0 atom stereocenters. The molecule has 4 aromatic rings. The summed E-state index contributed by atoms with van der Waals surface area (Å²) in [6.07, 6.45) is 3.40. The number of methoxy groups -OCH3 is 1. The minimum Gasteiger partial charge on any atom is -0.497 e. The summed E-state index contributed by atoms with van der Waals surface area (Å²) in [5, 5.41) is 15.1. The van der Waals surface area contributed by atoms with Gasteiger partial charge in [0.15, 0.2) is 0 Å². The normalized spacial score (nSPS) is 11.1. The molecule has 0 bridgehead atoms. The summed E-state index contributed by atoms with van der Waals surface area (Å²) in [7, 11) is 1.60. The quantitative estimate of drug-likeness (QED) is 0.562. The predicted molar refractivity (Wildman–Crippen MR) is 108 cm³/mol. The third-order valence-electron chi connectivity index (χ3n) is 4.62. The molecule has 2 aromatic carbocycles. The molecule has 28 heavy (non-hydrogen) atoms. The molecule has 6 nitrogen and oxygen atoms in total. The minimum atomic E-state index is -0.290. The van der Waals surface area contributed by atoms with Crippen LogP contribution in [0.5, 0.6) is 5.75 Å². The van der Waals surface area contributed by atoms with E-state index in [1.165, 1.54) is 4.52 Å². The summed E-state index contributed by atoms with van der Waals surface area (Å²) in [6.45, 7) is 0.0884. The molecule has 0 radical (unpaired) electrons. The SMILES string of the molecule is COc1ccc(-c2nn3ccn(Cc4cccc(Cl)c4)c(=O)c3c2CO)cc1. The predicted octanol–water partition coefficient (Wildman–Crippen LogP) is 3.37. The number of halogens is 1. The largest absolute Gasteiger partial charge is 0.497 e. The highest BCUT2D eigenvalue weighted by atomic mass is 35.5. The smallest absolute Gasteiger partial charge is 0.277 e. The Bertz CT molecular complexity index is 1200.